The number of ether oxygens (including phenoxy) is 1. The molecule has 1 aliphatic heterocycles. The Morgan fingerprint density at radius 3 is 2.56 bits per heavy atom. The first-order valence-corrected chi connectivity index (χ1v) is 3.46. The molecule has 1 atom stereocenters. The highest BCUT2D eigenvalue weighted by Crippen LogP contribution is 2.25. The van der Waals surface area contributed by atoms with E-state index in [4.69, 9.17) is 10.5 Å². The zero-order valence-corrected chi connectivity index (χ0v) is 6.18. The van der Waals surface area contributed by atoms with Gasteiger partial charge in [0.05, 0.1) is 6.61 Å². The molecule has 0 spiro atoms. The van der Waals surface area contributed by atoms with E-state index in [0.717, 1.165) is 19.6 Å². The lowest BCUT2D eigenvalue weighted by Crippen LogP contribution is -2.45. The van der Waals surface area contributed by atoms with Crippen LogP contribution in [0.3, 0.4) is 0 Å². The number of hydrogen-bond acceptors (Lipinski definition) is 2. The molecular formula is C7H15NO. The maximum Gasteiger partial charge on any atom is 0.0531 e. The average molecular weight is 129 g/mol. The van der Waals surface area contributed by atoms with Gasteiger partial charge in [-0.05, 0) is 6.42 Å². The smallest absolute Gasteiger partial charge is 0.0531 e. The first kappa shape index (κ1) is 7.03. The van der Waals surface area contributed by atoms with E-state index >= 15 is 0 Å². The summed E-state index contributed by atoms with van der Waals surface area (Å²) in [5.74, 6) is 0. The highest BCUT2D eigenvalue weighted by atomic mass is 16.5. The van der Waals surface area contributed by atoms with Crippen molar-refractivity contribution in [2.24, 2.45) is 11.1 Å². The molecule has 0 radical (unpaired) electrons. The van der Waals surface area contributed by atoms with E-state index in [1.54, 1.807) is 0 Å². The Morgan fingerprint density at radius 1 is 1.56 bits per heavy atom. The molecule has 0 aliphatic carbocycles. The van der Waals surface area contributed by atoms with Crippen molar-refractivity contribution in [2.75, 3.05) is 13.2 Å². The van der Waals surface area contributed by atoms with Crippen molar-refractivity contribution in [2.45, 2.75) is 26.3 Å². The zero-order valence-electron chi connectivity index (χ0n) is 6.18. The van der Waals surface area contributed by atoms with Crippen LogP contribution in [-0.2, 0) is 4.74 Å². The van der Waals surface area contributed by atoms with E-state index in [2.05, 4.69) is 13.8 Å². The molecule has 2 nitrogen and oxygen atoms in total. The Morgan fingerprint density at radius 2 is 2.22 bits per heavy atom. The maximum atomic E-state index is 5.83. The summed E-state index contributed by atoms with van der Waals surface area (Å²) in [5, 5.41) is 0. The monoisotopic (exact) mass is 129 g/mol. The van der Waals surface area contributed by atoms with Crippen LogP contribution in [0.5, 0.6) is 0 Å². The third-order valence-electron chi connectivity index (χ3n) is 2.05. The predicted molar refractivity (Wildman–Crippen MR) is 37.2 cm³/mol. The number of nitrogens with two attached hydrogens (primary N) is 1. The third-order valence-corrected chi connectivity index (χ3v) is 2.05. The first-order valence-electron chi connectivity index (χ1n) is 3.46. The fourth-order valence-corrected chi connectivity index (χ4v) is 1.04. The van der Waals surface area contributed by atoms with Gasteiger partial charge in [-0.1, -0.05) is 13.8 Å². The molecule has 1 aliphatic rings. The zero-order chi connectivity index (χ0) is 6.91. The maximum absolute atomic E-state index is 5.83. The van der Waals surface area contributed by atoms with E-state index in [1.165, 1.54) is 0 Å². The second kappa shape index (κ2) is 2.27. The largest absolute Gasteiger partial charge is 0.381 e. The molecule has 0 bridgehead atoms. The number of rotatable bonds is 0. The molecule has 0 saturated carbocycles. The average Bonchev–Trinajstić information content (AvgIpc) is 1.77. The van der Waals surface area contributed by atoms with Gasteiger partial charge >= 0.3 is 0 Å². The summed E-state index contributed by atoms with van der Waals surface area (Å²) >= 11 is 0. The van der Waals surface area contributed by atoms with E-state index < -0.39 is 0 Å². The van der Waals surface area contributed by atoms with Crippen molar-refractivity contribution in [1.82, 2.24) is 0 Å². The van der Waals surface area contributed by atoms with Crippen molar-refractivity contribution >= 4 is 0 Å². The van der Waals surface area contributed by atoms with Gasteiger partial charge < -0.3 is 10.5 Å². The summed E-state index contributed by atoms with van der Waals surface area (Å²) < 4.78 is 5.28. The molecule has 0 aromatic heterocycles. The second-order valence-electron chi connectivity index (χ2n) is 3.44. The van der Waals surface area contributed by atoms with Crippen LogP contribution in [0.1, 0.15) is 20.3 Å². The Labute approximate surface area is 56.4 Å². The molecule has 9 heavy (non-hydrogen) atoms. The predicted octanol–water partition coefficient (Wildman–Crippen LogP) is 0.760. The van der Waals surface area contributed by atoms with Crippen LogP contribution >= 0.6 is 0 Å². The fraction of sp³-hybridized carbons (Fsp3) is 1.00. The van der Waals surface area contributed by atoms with E-state index in [-0.39, 0.29) is 5.41 Å². The van der Waals surface area contributed by atoms with E-state index in [1.807, 2.05) is 0 Å². The SMILES string of the molecule is CC1(C)COCC[C@H]1N. The molecule has 54 valence electrons. The van der Waals surface area contributed by atoms with E-state index in [0.29, 0.717) is 6.04 Å². The summed E-state index contributed by atoms with van der Waals surface area (Å²) in [6.07, 6.45) is 1.01. The van der Waals surface area contributed by atoms with Crippen LogP contribution in [0.25, 0.3) is 0 Å². The Hall–Kier alpha value is -0.0800. The van der Waals surface area contributed by atoms with Gasteiger partial charge in [0, 0.05) is 18.1 Å². The van der Waals surface area contributed by atoms with Gasteiger partial charge in [0.15, 0.2) is 0 Å². The lowest BCUT2D eigenvalue weighted by atomic mass is 9.83. The van der Waals surface area contributed by atoms with Gasteiger partial charge in [-0.15, -0.1) is 0 Å². The normalized spacial score (nSPS) is 34.3. The van der Waals surface area contributed by atoms with Crippen molar-refractivity contribution in [3.63, 3.8) is 0 Å². The summed E-state index contributed by atoms with van der Waals surface area (Å²) in [6, 6.07) is 0.325. The van der Waals surface area contributed by atoms with Gasteiger partial charge in [-0.2, -0.15) is 0 Å². The Bertz CT molecular complexity index is 101. The van der Waals surface area contributed by atoms with Crippen LogP contribution in [0.15, 0.2) is 0 Å². The molecule has 0 aromatic carbocycles. The lowest BCUT2D eigenvalue weighted by molar-refractivity contribution is -0.00205. The van der Waals surface area contributed by atoms with Gasteiger partial charge in [0.1, 0.15) is 0 Å². The van der Waals surface area contributed by atoms with Gasteiger partial charge in [-0.3, -0.25) is 0 Å². The summed E-state index contributed by atoms with van der Waals surface area (Å²) in [4.78, 5) is 0. The minimum Gasteiger partial charge on any atom is -0.381 e. The van der Waals surface area contributed by atoms with Crippen molar-refractivity contribution in [1.29, 1.82) is 0 Å². The fourth-order valence-electron chi connectivity index (χ4n) is 1.04. The van der Waals surface area contributed by atoms with Crippen LogP contribution in [0.4, 0.5) is 0 Å². The first-order chi connectivity index (χ1) is 4.13. The molecule has 0 amide bonds. The van der Waals surface area contributed by atoms with E-state index in [9.17, 15) is 0 Å². The molecule has 2 N–H and O–H groups in total. The van der Waals surface area contributed by atoms with Crippen molar-refractivity contribution < 1.29 is 4.74 Å². The number of hydrogen-bond donors (Lipinski definition) is 1. The topological polar surface area (TPSA) is 35.2 Å². The van der Waals surface area contributed by atoms with Gasteiger partial charge in [0.2, 0.25) is 0 Å². The molecule has 0 unspecified atom stereocenters. The summed E-state index contributed by atoms with van der Waals surface area (Å²) in [6.45, 7) is 5.95. The Balaban J connectivity index is 2.49. The highest BCUT2D eigenvalue weighted by molar-refractivity contribution is 4.83. The molecule has 0 aromatic rings. The molecule has 2 heteroatoms. The molecule has 1 fully saturated rings. The molecular weight excluding hydrogens is 114 g/mol. The minimum absolute atomic E-state index is 0.193. The summed E-state index contributed by atoms with van der Waals surface area (Å²) in [7, 11) is 0. The lowest BCUT2D eigenvalue weighted by Gasteiger charge is -2.35. The molecule has 1 heterocycles. The minimum atomic E-state index is 0.193. The molecule has 1 saturated heterocycles. The quantitative estimate of drug-likeness (QED) is 0.524. The van der Waals surface area contributed by atoms with Gasteiger partial charge in [-0.25, -0.2) is 0 Å². The van der Waals surface area contributed by atoms with Crippen LogP contribution in [0, 0.1) is 5.41 Å². The third kappa shape index (κ3) is 1.43. The van der Waals surface area contributed by atoms with Gasteiger partial charge in [0.25, 0.3) is 0 Å². The van der Waals surface area contributed by atoms with Crippen molar-refractivity contribution in [3.05, 3.63) is 0 Å². The van der Waals surface area contributed by atoms with Crippen LogP contribution < -0.4 is 5.73 Å². The standard InChI is InChI=1S/C7H15NO/c1-7(2)5-9-4-3-6(7)8/h6H,3-5,8H2,1-2H3/t6-/m1/s1. The summed E-state index contributed by atoms with van der Waals surface area (Å²) in [5.41, 5.74) is 6.03. The molecule has 1 rings (SSSR count). The second-order valence-corrected chi connectivity index (χ2v) is 3.44. The van der Waals surface area contributed by atoms with Crippen molar-refractivity contribution in [3.8, 4) is 0 Å². The van der Waals surface area contributed by atoms with Crippen LogP contribution in [-0.4, -0.2) is 19.3 Å². The Kier molecular flexibility index (Phi) is 1.78. The van der Waals surface area contributed by atoms with Crippen LogP contribution in [0.2, 0.25) is 0 Å². The highest BCUT2D eigenvalue weighted by Gasteiger charge is 2.29.